The van der Waals surface area contributed by atoms with Gasteiger partial charge >= 0.3 is 12.1 Å². The molecule has 1 unspecified atom stereocenters. The second kappa shape index (κ2) is 12.1. The summed E-state index contributed by atoms with van der Waals surface area (Å²) in [5.41, 5.74) is 0.822. The monoisotopic (exact) mass is 507 g/mol. The van der Waals surface area contributed by atoms with E-state index in [4.69, 9.17) is 20.0 Å². The molecule has 11 heteroatoms. The summed E-state index contributed by atoms with van der Waals surface area (Å²) in [5.74, 6) is -2.38. The number of Topliss-reactive ketones (excluding diaryl/α,β-unsaturated/α-hetero) is 1. The molecule has 3 aromatic rings. The molecule has 1 atom stereocenters. The van der Waals surface area contributed by atoms with Gasteiger partial charge in [0.05, 0.1) is 6.04 Å². The fourth-order valence-corrected chi connectivity index (χ4v) is 3.05. The van der Waals surface area contributed by atoms with Crippen LogP contribution in [0, 0.1) is 11.2 Å². The second-order valence-electron chi connectivity index (χ2n) is 7.69. The highest BCUT2D eigenvalue weighted by Gasteiger charge is 2.19. The predicted molar refractivity (Wildman–Crippen MR) is 130 cm³/mol. The van der Waals surface area contributed by atoms with E-state index in [-0.39, 0.29) is 22.9 Å². The van der Waals surface area contributed by atoms with E-state index in [0.717, 1.165) is 12.1 Å². The van der Waals surface area contributed by atoms with Crippen molar-refractivity contribution in [1.82, 2.24) is 10.6 Å². The summed E-state index contributed by atoms with van der Waals surface area (Å²) in [6, 6.07) is 15.5. The average Bonchev–Trinajstić information content (AvgIpc) is 2.88. The van der Waals surface area contributed by atoms with Gasteiger partial charge in [-0.1, -0.05) is 12.1 Å². The Bertz CT molecular complexity index is 1310. The zero-order valence-electron chi connectivity index (χ0n) is 19.5. The molecular weight excluding hydrogens is 485 g/mol. The number of carbonyl (C=O) groups is 4. The van der Waals surface area contributed by atoms with Crippen molar-refractivity contribution in [3.63, 3.8) is 0 Å². The number of carboxylic acids is 1. The first kappa shape index (κ1) is 26.5. The Morgan fingerprint density at radius 3 is 2.00 bits per heavy atom. The van der Waals surface area contributed by atoms with Gasteiger partial charge in [0.1, 0.15) is 23.2 Å². The molecule has 37 heavy (non-hydrogen) atoms. The van der Waals surface area contributed by atoms with E-state index >= 15 is 0 Å². The molecule has 0 heterocycles. The summed E-state index contributed by atoms with van der Waals surface area (Å²) in [5, 5.41) is 21.5. The maximum atomic E-state index is 12.9. The van der Waals surface area contributed by atoms with Gasteiger partial charge in [-0.2, -0.15) is 0 Å². The van der Waals surface area contributed by atoms with Gasteiger partial charge in [-0.05, 0) is 67.6 Å². The largest absolute Gasteiger partial charge is 0.482 e. The molecule has 0 aliphatic carbocycles. The summed E-state index contributed by atoms with van der Waals surface area (Å²) in [6.45, 7) is 1.02. The van der Waals surface area contributed by atoms with Crippen LogP contribution in [-0.4, -0.2) is 47.3 Å². The lowest BCUT2D eigenvalue weighted by Gasteiger charge is -2.14. The number of rotatable bonds is 9. The molecule has 0 aliphatic heterocycles. The van der Waals surface area contributed by atoms with Gasteiger partial charge < -0.3 is 19.9 Å². The lowest BCUT2D eigenvalue weighted by molar-refractivity contribution is -0.139. The lowest BCUT2D eigenvalue weighted by Crippen LogP contribution is -2.38. The molecule has 3 aromatic carbocycles. The number of amidine groups is 1. The minimum absolute atomic E-state index is 0.102. The number of carbonyl (C=O) groups excluding carboxylic acids is 3. The van der Waals surface area contributed by atoms with Crippen molar-refractivity contribution in [3.8, 4) is 11.5 Å². The Kier molecular flexibility index (Phi) is 8.66. The molecule has 0 saturated carbocycles. The zero-order chi connectivity index (χ0) is 26.9. The number of carboxylic acid groups (broad SMARTS) is 1. The Morgan fingerprint density at radius 2 is 1.41 bits per heavy atom. The molecule has 3 rings (SSSR count). The van der Waals surface area contributed by atoms with Gasteiger partial charge in [0.2, 0.25) is 0 Å². The minimum Gasteiger partial charge on any atom is -0.482 e. The van der Waals surface area contributed by atoms with Crippen LogP contribution in [-0.2, 0) is 4.79 Å². The Labute approximate surface area is 210 Å². The van der Waals surface area contributed by atoms with Gasteiger partial charge in [0.15, 0.2) is 12.4 Å². The number of nitrogens with one attached hydrogen (secondary N) is 3. The minimum atomic E-state index is -1.12. The third kappa shape index (κ3) is 7.72. The molecule has 0 fully saturated rings. The van der Waals surface area contributed by atoms with Gasteiger partial charge in [-0.25, -0.2) is 14.0 Å². The van der Waals surface area contributed by atoms with Crippen molar-refractivity contribution in [3.05, 3.63) is 95.3 Å². The summed E-state index contributed by atoms with van der Waals surface area (Å²) < 4.78 is 22.9. The summed E-state index contributed by atoms with van der Waals surface area (Å²) in [7, 11) is 0. The van der Waals surface area contributed by atoms with E-state index in [0.29, 0.717) is 16.9 Å². The topological polar surface area (TPSA) is 155 Å². The highest BCUT2D eigenvalue weighted by Crippen LogP contribution is 2.14. The first-order valence-electron chi connectivity index (χ1n) is 10.9. The second-order valence-corrected chi connectivity index (χ2v) is 7.69. The van der Waals surface area contributed by atoms with Crippen LogP contribution in [0.25, 0.3) is 0 Å². The fourth-order valence-electron chi connectivity index (χ4n) is 3.05. The van der Waals surface area contributed by atoms with Gasteiger partial charge in [0.25, 0.3) is 5.91 Å². The van der Waals surface area contributed by atoms with E-state index in [2.05, 4.69) is 10.6 Å². The number of hydrogen-bond acceptors (Lipinski definition) is 7. The molecule has 0 saturated heterocycles. The first-order valence-corrected chi connectivity index (χ1v) is 10.9. The number of ketones is 1. The number of aliphatic carboxylic acids is 1. The Hall–Kier alpha value is -5.06. The maximum Gasteiger partial charge on any atom is 0.418 e. The standard InChI is InChI=1S/C26H22FN3O7/c1-15(23(33)16-6-10-20(11-7-16)36-14-22(31)32)29-25(34)18-4-2-17(3-5-18)24(28)30-26(35)37-21-12-8-19(27)9-13-21/h2-13,15H,14H2,1H3,(H,29,34)(H,31,32)(H2,28,30,35). The van der Waals surface area contributed by atoms with Crippen molar-refractivity contribution in [2.45, 2.75) is 13.0 Å². The van der Waals surface area contributed by atoms with Crippen LogP contribution in [0.2, 0.25) is 0 Å². The lowest BCUT2D eigenvalue weighted by atomic mass is 10.0. The van der Waals surface area contributed by atoms with Gasteiger partial charge in [-0.3, -0.25) is 20.3 Å². The molecule has 0 aromatic heterocycles. The molecule has 0 aliphatic rings. The average molecular weight is 507 g/mol. The van der Waals surface area contributed by atoms with Crippen LogP contribution in [0.15, 0.2) is 72.8 Å². The van der Waals surface area contributed by atoms with Crippen molar-refractivity contribution in [2.75, 3.05) is 6.61 Å². The van der Waals surface area contributed by atoms with Crippen LogP contribution in [0.1, 0.15) is 33.2 Å². The number of benzene rings is 3. The third-order valence-electron chi connectivity index (χ3n) is 4.93. The summed E-state index contributed by atoms with van der Waals surface area (Å²) in [4.78, 5) is 47.7. The number of halogens is 1. The fraction of sp³-hybridized carbons (Fsp3) is 0.115. The molecular formula is C26H22FN3O7. The van der Waals surface area contributed by atoms with E-state index in [1.54, 1.807) is 0 Å². The molecule has 2 amide bonds. The van der Waals surface area contributed by atoms with Crippen LogP contribution in [0.5, 0.6) is 11.5 Å². The Morgan fingerprint density at radius 1 is 0.865 bits per heavy atom. The van der Waals surface area contributed by atoms with Crippen molar-refractivity contribution in [2.24, 2.45) is 0 Å². The Balaban J connectivity index is 1.53. The van der Waals surface area contributed by atoms with E-state index < -0.39 is 36.4 Å². The van der Waals surface area contributed by atoms with Crippen LogP contribution in [0.3, 0.4) is 0 Å². The van der Waals surface area contributed by atoms with Crippen molar-refractivity contribution < 1.29 is 38.1 Å². The molecule has 4 N–H and O–H groups in total. The number of amides is 2. The van der Waals surface area contributed by atoms with Crippen LogP contribution in [0.4, 0.5) is 9.18 Å². The first-order chi connectivity index (χ1) is 17.6. The normalized spacial score (nSPS) is 11.1. The van der Waals surface area contributed by atoms with Crippen molar-refractivity contribution >= 4 is 29.6 Å². The number of ether oxygens (including phenoxy) is 2. The highest BCUT2D eigenvalue weighted by atomic mass is 19.1. The van der Waals surface area contributed by atoms with Crippen LogP contribution >= 0.6 is 0 Å². The SMILES string of the molecule is CC(NC(=O)c1ccc(C(=N)NC(=O)Oc2ccc(F)cc2)cc1)C(=O)c1ccc(OCC(=O)O)cc1. The number of hydrogen-bond donors (Lipinski definition) is 4. The van der Waals surface area contributed by atoms with Gasteiger partial charge in [-0.15, -0.1) is 0 Å². The molecule has 190 valence electrons. The molecule has 0 spiro atoms. The van der Waals surface area contributed by atoms with Crippen molar-refractivity contribution in [1.29, 1.82) is 5.41 Å². The molecule has 0 radical (unpaired) electrons. The van der Waals surface area contributed by atoms with E-state index in [1.165, 1.54) is 67.6 Å². The smallest absolute Gasteiger partial charge is 0.418 e. The quantitative estimate of drug-likeness (QED) is 0.197. The summed E-state index contributed by atoms with van der Waals surface area (Å²) in [6.07, 6.45) is -0.938. The highest BCUT2D eigenvalue weighted by molar-refractivity contribution is 6.06. The van der Waals surface area contributed by atoms with E-state index in [1.807, 2.05) is 0 Å². The molecule has 0 bridgehead atoms. The summed E-state index contributed by atoms with van der Waals surface area (Å²) >= 11 is 0. The van der Waals surface area contributed by atoms with E-state index in [9.17, 15) is 23.6 Å². The van der Waals surface area contributed by atoms with Crippen LogP contribution < -0.4 is 20.1 Å². The third-order valence-corrected chi connectivity index (χ3v) is 4.93. The maximum absolute atomic E-state index is 12.9. The molecule has 10 nitrogen and oxygen atoms in total. The van der Waals surface area contributed by atoms with Gasteiger partial charge in [0, 0.05) is 16.7 Å². The zero-order valence-corrected chi connectivity index (χ0v) is 19.5. The predicted octanol–water partition coefficient (Wildman–Crippen LogP) is 3.40.